The quantitative estimate of drug-likeness (QED) is 0.510. The Hall–Kier alpha value is -0.570. The molecule has 0 saturated heterocycles. The van der Waals surface area contributed by atoms with Crippen LogP contribution in [0.1, 0.15) is 40.0 Å². The van der Waals surface area contributed by atoms with Crippen LogP contribution >= 0.6 is 11.6 Å². The molecule has 3 nitrogen and oxygen atoms in total. The number of ether oxygens (including phenoxy) is 1. The molecule has 0 aliphatic heterocycles. The van der Waals surface area contributed by atoms with Crippen molar-refractivity contribution in [2.75, 3.05) is 0 Å². The lowest BCUT2D eigenvalue weighted by atomic mass is 10.1. The standard InChI is InChI=1S/C10H17ClO3/c1-7(2)6-8(3)14-10(13)5-4-9(11)12/h7-8H,4-6H2,1-3H3. The minimum atomic E-state index is -0.501. The van der Waals surface area contributed by atoms with Crippen LogP contribution in [0.5, 0.6) is 0 Å². The molecule has 14 heavy (non-hydrogen) atoms. The number of carbonyl (C=O) groups excluding carboxylic acids is 2. The van der Waals surface area contributed by atoms with Crippen LogP contribution in [-0.4, -0.2) is 17.3 Å². The fraction of sp³-hybridized carbons (Fsp3) is 0.800. The first-order chi connectivity index (χ1) is 6.41. The predicted molar refractivity (Wildman–Crippen MR) is 55.1 cm³/mol. The van der Waals surface area contributed by atoms with Crippen molar-refractivity contribution in [1.29, 1.82) is 0 Å². The molecule has 0 rings (SSSR count). The van der Waals surface area contributed by atoms with Gasteiger partial charge in [-0.2, -0.15) is 0 Å². The molecule has 0 heterocycles. The molecule has 0 spiro atoms. The summed E-state index contributed by atoms with van der Waals surface area (Å²) in [7, 11) is 0. The van der Waals surface area contributed by atoms with E-state index in [-0.39, 0.29) is 24.9 Å². The normalized spacial score (nSPS) is 12.6. The summed E-state index contributed by atoms with van der Waals surface area (Å²) in [4.78, 5) is 21.5. The van der Waals surface area contributed by atoms with Crippen LogP contribution in [0.2, 0.25) is 0 Å². The number of hydrogen-bond donors (Lipinski definition) is 0. The van der Waals surface area contributed by atoms with E-state index in [9.17, 15) is 9.59 Å². The molecule has 1 atom stereocenters. The Morgan fingerprint density at radius 1 is 1.21 bits per heavy atom. The van der Waals surface area contributed by atoms with Crippen molar-refractivity contribution in [3.63, 3.8) is 0 Å². The summed E-state index contributed by atoms with van der Waals surface area (Å²) in [5.74, 6) is 0.139. The first-order valence-electron chi connectivity index (χ1n) is 4.79. The van der Waals surface area contributed by atoms with Crippen molar-refractivity contribution < 1.29 is 14.3 Å². The lowest BCUT2D eigenvalue weighted by Crippen LogP contribution is -2.17. The summed E-state index contributed by atoms with van der Waals surface area (Å²) in [6.45, 7) is 5.97. The van der Waals surface area contributed by atoms with Crippen molar-refractivity contribution in [3.05, 3.63) is 0 Å². The Labute approximate surface area is 89.8 Å². The van der Waals surface area contributed by atoms with Gasteiger partial charge in [0.1, 0.15) is 0 Å². The molecule has 0 N–H and O–H groups in total. The van der Waals surface area contributed by atoms with Crippen LogP contribution in [-0.2, 0) is 14.3 Å². The topological polar surface area (TPSA) is 43.4 Å². The number of esters is 1. The van der Waals surface area contributed by atoms with E-state index in [1.54, 1.807) is 0 Å². The monoisotopic (exact) mass is 220 g/mol. The molecular weight excluding hydrogens is 204 g/mol. The SMILES string of the molecule is CC(C)CC(C)OC(=O)CCC(=O)Cl. The summed E-state index contributed by atoms with van der Waals surface area (Å²) < 4.78 is 5.06. The zero-order valence-corrected chi connectivity index (χ0v) is 9.63. The van der Waals surface area contributed by atoms with Gasteiger partial charge in [0.25, 0.3) is 0 Å². The van der Waals surface area contributed by atoms with Gasteiger partial charge in [0.05, 0.1) is 12.5 Å². The van der Waals surface area contributed by atoms with E-state index in [0.717, 1.165) is 6.42 Å². The maximum Gasteiger partial charge on any atom is 0.306 e. The highest BCUT2D eigenvalue weighted by molar-refractivity contribution is 6.63. The fourth-order valence-electron chi connectivity index (χ4n) is 1.20. The van der Waals surface area contributed by atoms with Gasteiger partial charge in [0.2, 0.25) is 5.24 Å². The minimum Gasteiger partial charge on any atom is -0.463 e. The summed E-state index contributed by atoms with van der Waals surface area (Å²) in [6, 6.07) is 0. The number of carbonyl (C=O) groups is 2. The maximum atomic E-state index is 11.1. The lowest BCUT2D eigenvalue weighted by molar-refractivity contribution is -0.149. The summed E-state index contributed by atoms with van der Waals surface area (Å²) >= 11 is 5.10. The first-order valence-corrected chi connectivity index (χ1v) is 5.17. The van der Waals surface area contributed by atoms with Crippen LogP contribution in [0.25, 0.3) is 0 Å². The van der Waals surface area contributed by atoms with Crippen molar-refractivity contribution in [2.24, 2.45) is 5.92 Å². The molecule has 0 radical (unpaired) electrons. The van der Waals surface area contributed by atoms with Gasteiger partial charge in [-0.15, -0.1) is 0 Å². The van der Waals surface area contributed by atoms with Gasteiger partial charge in [0.15, 0.2) is 0 Å². The Kier molecular flexibility index (Phi) is 6.54. The number of hydrogen-bond acceptors (Lipinski definition) is 3. The first kappa shape index (κ1) is 13.4. The van der Waals surface area contributed by atoms with E-state index in [2.05, 4.69) is 13.8 Å². The Morgan fingerprint density at radius 3 is 2.21 bits per heavy atom. The highest BCUT2D eigenvalue weighted by Gasteiger charge is 2.11. The molecular formula is C10H17ClO3. The average Bonchev–Trinajstić information content (AvgIpc) is 1.98. The highest BCUT2D eigenvalue weighted by Crippen LogP contribution is 2.09. The Bertz CT molecular complexity index is 202. The van der Waals surface area contributed by atoms with E-state index in [1.807, 2.05) is 6.92 Å². The third kappa shape index (κ3) is 8.05. The summed E-state index contributed by atoms with van der Waals surface area (Å²) in [5, 5.41) is -0.501. The largest absolute Gasteiger partial charge is 0.463 e. The van der Waals surface area contributed by atoms with Crippen LogP contribution < -0.4 is 0 Å². The molecule has 0 fully saturated rings. The molecule has 0 aliphatic rings. The van der Waals surface area contributed by atoms with Gasteiger partial charge in [-0.25, -0.2) is 0 Å². The number of halogens is 1. The third-order valence-corrected chi connectivity index (χ3v) is 1.85. The molecule has 0 aromatic carbocycles. The van der Waals surface area contributed by atoms with Gasteiger partial charge < -0.3 is 4.74 Å². The predicted octanol–water partition coefficient (Wildman–Crippen LogP) is 2.51. The lowest BCUT2D eigenvalue weighted by Gasteiger charge is -2.14. The van der Waals surface area contributed by atoms with E-state index in [1.165, 1.54) is 0 Å². The zero-order chi connectivity index (χ0) is 11.1. The number of rotatable bonds is 6. The van der Waals surface area contributed by atoms with Crippen LogP contribution in [0.15, 0.2) is 0 Å². The Balaban J connectivity index is 3.65. The molecule has 4 heteroatoms. The third-order valence-electron chi connectivity index (χ3n) is 1.66. The van der Waals surface area contributed by atoms with E-state index in [0.29, 0.717) is 5.92 Å². The molecule has 0 aromatic heterocycles. The van der Waals surface area contributed by atoms with Crippen LogP contribution in [0, 0.1) is 5.92 Å². The molecule has 0 saturated carbocycles. The van der Waals surface area contributed by atoms with Crippen LogP contribution in [0.4, 0.5) is 0 Å². The summed E-state index contributed by atoms with van der Waals surface area (Å²) in [6.07, 6.45) is 0.869. The second kappa shape index (κ2) is 6.82. The average molecular weight is 221 g/mol. The molecule has 1 unspecified atom stereocenters. The van der Waals surface area contributed by atoms with Gasteiger partial charge in [0, 0.05) is 6.42 Å². The van der Waals surface area contributed by atoms with Gasteiger partial charge in [-0.05, 0) is 30.9 Å². The van der Waals surface area contributed by atoms with Gasteiger partial charge in [-0.3, -0.25) is 9.59 Å². The molecule has 82 valence electrons. The fourth-order valence-corrected chi connectivity index (χ4v) is 1.29. The van der Waals surface area contributed by atoms with E-state index >= 15 is 0 Å². The molecule has 0 bridgehead atoms. The second-order valence-electron chi connectivity index (χ2n) is 3.79. The molecule has 0 aromatic rings. The Morgan fingerprint density at radius 2 is 1.79 bits per heavy atom. The zero-order valence-electron chi connectivity index (χ0n) is 8.88. The van der Waals surface area contributed by atoms with Crippen molar-refractivity contribution in [1.82, 2.24) is 0 Å². The van der Waals surface area contributed by atoms with E-state index < -0.39 is 5.24 Å². The van der Waals surface area contributed by atoms with Crippen molar-refractivity contribution in [3.8, 4) is 0 Å². The summed E-state index contributed by atoms with van der Waals surface area (Å²) in [5.41, 5.74) is 0. The maximum absolute atomic E-state index is 11.1. The van der Waals surface area contributed by atoms with E-state index in [4.69, 9.17) is 16.3 Å². The highest BCUT2D eigenvalue weighted by atomic mass is 35.5. The van der Waals surface area contributed by atoms with Crippen molar-refractivity contribution in [2.45, 2.75) is 46.1 Å². The molecule has 0 amide bonds. The van der Waals surface area contributed by atoms with Crippen molar-refractivity contribution >= 4 is 22.8 Å². The minimum absolute atomic E-state index is 0.0504. The van der Waals surface area contributed by atoms with Gasteiger partial charge in [-0.1, -0.05) is 13.8 Å². The van der Waals surface area contributed by atoms with Gasteiger partial charge >= 0.3 is 5.97 Å². The molecule has 0 aliphatic carbocycles. The smallest absolute Gasteiger partial charge is 0.306 e. The second-order valence-corrected chi connectivity index (χ2v) is 4.21. The van der Waals surface area contributed by atoms with Crippen LogP contribution in [0.3, 0.4) is 0 Å².